The van der Waals surface area contributed by atoms with Crippen molar-refractivity contribution < 1.29 is 22.8 Å². The summed E-state index contributed by atoms with van der Waals surface area (Å²) in [6.45, 7) is 2.83. The van der Waals surface area contributed by atoms with Crippen molar-refractivity contribution in [1.29, 1.82) is 0 Å². The molecule has 0 unspecified atom stereocenters. The molecule has 4 aromatic rings. The molecule has 8 nitrogen and oxygen atoms in total. The van der Waals surface area contributed by atoms with E-state index >= 15 is 0 Å². The molecule has 1 saturated heterocycles. The fraction of sp³-hybridized carbons (Fsp3) is 0.280. The summed E-state index contributed by atoms with van der Waals surface area (Å²) in [5, 5.41) is 17.6. The van der Waals surface area contributed by atoms with E-state index in [1.807, 2.05) is 36.4 Å². The van der Waals surface area contributed by atoms with Crippen molar-refractivity contribution in [2.24, 2.45) is 0 Å². The number of benzene rings is 1. The fourth-order valence-corrected chi connectivity index (χ4v) is 4.96. The summed E-state index contributed by atoms with van der Waals surface area (Å²) in [5.74, 6) is 1.23. The Labute approximate surface area is 215 Å². The van der Waals surface area contributed by atoms with Gasteiger partial charge in [-0.15, -0.1) is 0 Å². The quantitative estimate of drug-likeness (QED) is 0.332. The smallest absolute Gasteiger partial charge is 0.390 e. The average Bonchev–Trinajstić information content (AvgIpc) is 3.32. The van der Waals surface area contributed by atoms with Gasteiger partial charge in [0.2, 0.25) is 11.7 Å². The molecule has 1 aromatic carbocycles. The molecule has 0 radical (unpaired) electrons. The van der Waals surface area contributed by atoms with Gasteiger partial charge in [0.1, 0.15) is 11.5 Å². The van der Waals surface area contributed by atoms with Crippen molar-refractivity contribution in [3.05, 3.63) is 72.4 Å². The molecule has 1 fully saturated rings. The van der Waals surface area contributed by atoms with Gasteiger partial charge in [0.05, 0.1) is 17.7 Å². The first-order chi connectivity index (χ1) is 17.7. The molecule has 2 N–H and O–H groups in total. The number of aliphatic hydroxyl groups is 1. The van der Waals surface area contributed by atoms with Crippen LogP contribution >= 0.6 is 11.9 Å². The summed E-state index contributed by atoms with van der Waals surface area (Å²) in [4.78, 5) is 13.4. The maximum atomic E-state index is 12.7. The van der Waals surface area contributed by atoms with Gasteiger partial charge < -0.3 is 14.9 Å². The van der Waals surface area contributed by atoms with E-state index in [9.17, 15) is 18.3 Å². The first-order valence-corrected chi connectivity index (χ1v) is 12.3. The van der Waals surface area contributed by atoms with Gasteiger partial charge in [-0.3, -0.25) is 4.98 Å². The Morgan fingerprint density at radius 1 is 1.08 bits per heavy atom. The highest BCUT2D eigenvalue weighted by molar-refractivity contribution is 7.97. The van der Waals surface area contributed by atoms with Crippen LogP contribution in [0.2, 0.25) is 0 Å². The first-order valence-electron chi connectivity index (χ1n) is 11.5. The maximum absolute atomic E-state index is 12.7. The van der Waals surface area contributed by atoms with Crippen molar-refractivity contribution in [2.45, 2.75) is 36.6 Å². The number of rotatable bonds is 6. The van der Waals surface area contributed by atoms with Gasteiger partial charge in [0, 0.05) is 37.3 Å². The molecule has 3 aromatic heterocycles. The van der Waals surface area contributed by atoms with Crippen LogP contribution in [0.25, 0.3) is 22.6 Å². The minimum atomic E-state index is -4.43. The van der Waals surface area contributed by atoms with Crippen molar-refractivity contribution in [3.63, 3.8) is 0 Å². The van der Waals surface area contributed by atoms with Gasteiger partial charge in [-0.2, -0.15) is 18.2 Å². The number of aryl methyl sites for hydroxylation is 1. The van der Waals surface area contributed by atoms with E-state index in [0.29, 0.717) is 42.7 Å². The second-order valence-electron chi connectivity index (χ2n) is 8.61. The van der Waals surface area contributed by atoms with Crippen LogP contribution in [0.4, 0.5) is 19.0 Å². The Morgan fingerprint density at radius 3 is 2.54 bits per heavy atom. The third-order valence-corrected chi connectivity index (χ3v) is 6.98. The lowest BCUT2D eigenvalue weighted by Gasteiger charge is -2.35. The van der Waals surface area contributed by atoms with Crippen LogP contribution in [0, 0.1) is 6.92 Å². The minimum absolute atomic E-state index is 0.299. The second-order valence-corrected chi connectivity index (χ2v) is 9.78. The number of alkyl halides is 3. The number of aromatic nitrogens is 4. The summed E-state index contributed by atoms with van der Waals surface area (Å²) in [6, 6.07) is 13.9. The largest absolute Gasteiger partial charge is 0.417 e. The molecule has 1 aliphatic rings. The minimum Gasteiger partial charge on any atom is -0.390 e. The van der Waals surface area contributed by atoms with Gasteiger partial charge >= 0.3 is 6.18 Å². The molecule has 4 heterocycles. The highest BCUT2D eigenvalue weighted by Gasteiger charge is 2.31. The lowest BCUT2D eigenvalue weighted by molar-refractivity contribution is -0.137. The zero-order valence-corrected chi connectivity index (χ0v) is 20.5. The maximum Gasteiger partial charge on any atom is 0.417 e. The lowest BCUT2D eigenvalue weighted by atomic mass is 10.0. The van der Waals surface area contributed by atoms with Crippen molar-refractivity contribution >= 4 is 17.8 Å². The predicted octanol–water partition coefficient (Wildman–Crippen LogP) is 5.08. The van der Waals surface area contributed by atoms with Crippen molar-refractivity contribution in [2.75, 3.05) is 18.4 Å². The van der Waals surface area contributed by atoms with Crippen LogP contribution in [0.5, 0.6) is 0 Å². The third kappa shape index (κ3) is 6.09. The fourth-order valence-electron chi connectivity index (χ4n) is 3.98. The van der Waals surface area contributed by atoms with Crippen LogP contribution in [-0.2, 0) is 6.18 Å². The topological polar surface area (TPSA) is 100 Å². The Hall–Kier alpha value is -3.48. The molecule has 0 aliphatic carbocycles. The molecule has 1 aliphatic heterocycles. The number of hydrogen-bond acceptors (Lipinski definition) is 9. The lowest BCUT2D eigenvalue weighted by Crippen LogP contribution is -2.47. The van der Waals surface area contributed by atoms with Gasteiger partial charge in [0.15, 0.2) is 0 Å². The second kappa shape index (κ2) is 10.5. The van der Waals surface area contributed by atoms with Crippen LogP contribution in [-0.4, -0.2) is 54.8 Å². The summed E-state index contributed by atoms with van der Waals surface area (Å²) >= 11 is 1.55. The molecule has 0 spiro atoms. The van der Waals surface area contributed by atoms with Gasteiger partial charge in [-0.05, 0) is 65.9 Å². The molecule has 2 atom stereocenters. The Balaban J connectivity index is 1.17. The molecular formula is C25H23F3N6O2S. The Bertz CT molecular complexity index is 1350. The molecule has 0 bridgehead atoms. The van der Waals surface area contributed by atoms with Gasteiger partial charge in [-0.1, -0.05) is 17.3 Å². The monoisotopic (exact) mass is 528 g/mol. The Kier molecular flexibility index (Phi) is 7.13. The van der Waals surface area contributed by atoms with E-state index in [-0.39, 0.29) is 6.04 Å². The van der Waals surface area contributed by atoms with Crippen molar-refractivity contribution in [3.8, 4) is 22.6 Å². The van der Waals surface area contributed by atoms with Crippen LogP contribution in [0.1, 0.15) is 17.9 Å². The van der Waals surface area contributed by atoms with E-state index in [2.05, 4.69) is 29.7 Å². The standard InChI is InChI=1S/C25H23F3N6O2S/c1-15-31-24(33-36-15)21-12-17(8-10-29-21)16-2-5-19(6-3-16)37-34-11-9-20(22(35)14-34)32-23-7-4-18(13-30-23)25(26,27)28/h2-8,10,12-13,20,22,35H,9,11,14H2,1H3,(H,30,32)/t20-,22+/m1/s1. The number of halogens is 3. The number of aliphatic hydroxyl groups excluding tert-OH is 1. The number of hydrogen-bond donors (Lipinski definition) is 2. The number of pyridine rings is 2. The molecule has 37 heavy (non-hydrogen) atoms. The number of nitrogens with zero attached hydrogens (tertiary/aromatic N) is 5. The molecule has 192 valence electrons. The van der Waals surface area contributed by atoms with Crippen LogP contribution in [0.3, 0.4) is 0 Å². The van der Waals surface area contributed by atoms with E-state index in [0.717, 1.165) is 28.3 Å². The highest BCUT2D eigenvalue weighted by atomic mass is 32.2. The summed E-state index contributed by atoms with van der Waals surface area (Å²) < 4.78 is 45.3. The molecule has 12 heteroatoms. The number of β-amino-alcohol motifs (C(OH)–C–C–N with tert-alkyl or cyclic N) is 1. The van der Waals surface area contributed by atoms with E-state index in [1.54, 1.807) is 25.1 Å². The van der Waals surface area contributed by atoms with Crippen molar-refractivity contribution in [1.82, 2.24) is 24.4 Å². The number of piperidine rings is 1. The van der Waals surface area contributed by atoms with E-state index in [4.69, 9.17) is 4.52 Å². The normalized spacial score (nSPS) is 18.6. The molecule has 0 saturated carbocycles. The first kappa shape index (κ1) is 25.2. The van der Waals surface area contributed by atoms with Gasteiger partial charge in [-0.25, -0.2) is 9.29 Å². The predicted molar refractivity (Wildman–Crippen MR) is 132 cm³/mol. The number of anilines is 1. The van der Waals surface area contributed by atoms with Crippen LogP contribution < -0.4 is 5.32 Å². The summed E-state index contributed by atoms with van der Waals surface area (Å²) in [7, 11) is 0. The zero-order valence-electron chi connectivity index (χ0n) is 19.7. The van der Waals surface area contributed by atoms with Gasteiger partial charge in [0.25, 0.3) is 0 Å². The van der Waals surface area contributed by atoms with E-state index in [1.165, 1.54) is 6.07 Å². The third-order valence-electron chi connectivity index (χ3n) is 5.91. The van der Waals surface area contributed by atoms with E-state index < -0.39 is 17.8 Å². The Morgan fingerprint density at radius 2 is 1.89 bits per heavy atom. The zero-order chi connectivity index (χ0) is 26.0. The summed E-state index contributed by atoms with van der Waals surface area (Å²) in [6.07, 6.45) is -2.01. The average molecular weight is 529 g/mol. The SMILES string of the molecule is Cc1nc(-c2cc(-c3ccc(SN4CC[C@@H](Nc5ccc(C(F)(F)F)cn5)[C@@H](O)C4)cc3)ccn2)no1. The molecule has 0 amide bonds. The molecular weight excluding hydrogens is 505 g/mol. The number of nitrogens with one attached hydrogen (secondary N) is 1. The highest BCUT2D eigenvalue weighted by Crippen LogP contribution is 2.31. The summed E-state index contributed by atoms with van der Waals surface area (Å²) in [5.41, 5.74) is 1.82. The van der Waals surface area contributed by atoms with Crippen LogP contribution in [0.15, 0.2) is 70.3 Å². The molecule has 5 rings (SSSR count).